The fourth-order valence-electron chi connectivity index (χ4n) is 9.99. The first-order valence-electron chi connectivity index (χ1n) is 28.6. The van der Waals surface area contributed by atoms with Crippen LogP contribution in [0.5, 0.6) is 0 Å². The van der Waals surface area contributed by atoms with Crippen molar-refractivity contribution in [3.05, 3.63) is 48.5 Å². The zero-order chi connectivity index (χ0) is 89.9. The number of hydrogen-bond acceptors (Lipinski definition) is 51. The number of thioether (sulfide) groups is 2. The van der Waals surface area contributed by atoms with Crippen LogP contribution in [0.2, 0.25) is 0 Å². The number of urea groups is 1. The Labute approximate surface area is 1070 Å². The predicted octanol–water partition coefficient (Wildman–Crippen LogP) is -49.6. The molecule has 0 radical (unpaired) electrons. The van der Waals surface area contributed by atoms with Crippen LogP contribution in [0.1, 0.15) is 0 Å². The first-order valence-corrected chi connectivity index (χ1v) is 49.5. The Kier molecular flexibility index (Phi) is 80.0. The molecule has 95 heteroatoms. The molecule has 4 aliphatic rings. The van der Waals surface area contributed by atoms with E-state index in [0.29, 0.717) is 0 Å². The molecule has 2 aromatic rings. The normalized spacial score (nSPS) is 26.2. The van der Waals surface area contributed by atoms with Gasteiger partial charge in [-0.05, 0) is 48.5 Å². The molecule has 4 fully saturated rings. The smallest absolute Gasteiger partial charge is 0.356 e. The molecule has 4 heterocycles. The molecule has 684 valence electrons. The number of hydrogen-bond donors (Lipinski definition) is 16. The molecule has 0 aromatic heterocycles. The van der Waals surface area contributed by atoms with Crippen molar-refractivity contribution in [3.8, 4) is 0 Å². The number of carbonyl (C=O) groups excluding carboxylic acids is 1. The van der Waals surface area contributed by atoms with E-state index in [-0.39, 0.29) is 458 Å². The SMILES string of the molecule is O=C(Nc1ccc(S[C@@H]2O[C@H](COS(=O)(=O)O)[C@@H](O[C@@H]3O[C@H](COS(=O)(=O)O)[C@@H](OS(=O)(=O)O)[C@H](OS(=O)(=O)O)[C@H]3OS(=O)(=O)O)[C@H](OS(=O)(=O)O)[C@H]2OS(=O)(=O)O)cc1)Nc1ccc(S[C@@H]2O[C@H](COS(=O)(=O)O)[C@@H](O[C@@H]3O[C@H](COS(=O)(=O)O)[C@@H](OS(=O)(=O)O)[C@H](OS(=O)(=O)O)[C@H]3OS(=O)(=O)O)[C@H](OS(=O)(=O)O)[C@H]2OS(=O)(=O)O)cc1.[Na+].[Na+].[Na+].[Na+].[Na+].[Na+].[Na+].[Na+].[Na+].[Na+].[Na+].[Na+].[Na+].[Na+]. The molecule has 4 aliphatic heterocycles. The van der Waals surface area contributed by atoms with E-state index in [2.05, 4.69) is 69.2 Å². The van der Waals surface area contributed by atoms with Gasteiger partial charge in [0.1, 0.15) is 96.3 Å². The minimum atomic E-state index is -6.32. The molecular formula is C37H52N2Na14O63S16+14. The monoisotopic (exact) mass is 2370 g/mol. The second-order valence-corrected chi connectivity index (χ2v) is 39.2. The Balaban J connectivity index is -0.00000154. The van der Waals surface area contributed by atoms with Crippen LogP contribution in [0, 0.1) is 0 Å². The summed E-state index contributed by atoms with van der Waals surface area (Å²) in [5.41, 5.74) is -5.60. The average molecular weight is 2370 g/mol. The third kappa shape index (κ3) is 62.8. The third-order valence-electron chi connectivity index (χ3n) is 13.5. The zero-order valence-corrected chi connectivity index (χ0v) is 110. The maximum atomic E-state index is 13.4. The van der Waals surface area contributed by atoms with Gasteiger partial charge in [-0.2, -0.15) is 118 Å². The van der Waals surface area contributed by atoms with Gasteiger partial charge in [-0.15, -0.1) is 0 Å². The van der Waals surface area contributed by atoms with Crippen LogP contribution in [0.15, 0.2) is 58.3 Å². The number of ether oxygens (including phenoxy) is 6. The molecule has 20 atom stereocenters. The van der Waals surface area contributed by atoms with Gasteiger partial charge in [0.25, 0.3) is 0 Å². The summed E-state index contributed by atoms with van der Waals surface area (Å²) in [5, 5.41) is 4.45. The van der Waals surface area contributed by atoms with Gasteiger partial charge in [0.2, 0.25) is 0 Å². The molecule has 2 amide bonds. The molecule has 0 bridgehead atoms. The average Bonchev–Trinajstić information content (AvgIpc) is 0.756. The molecule has 0 aliphatic carbocycles. The fraction of sp³-hybridized carbons (Fsp3) is 0.649. The largest absolute Gasteiger partial charge is 1.00 e. The standard InChI is InChI=1S/C37H52N2O63S16.14Na/c40-37(38-13-1-5-15(6-2-13)103-35-31(101-117(77,78)79)25(95-111(59,60)61)21(17(89-35)9-83-105(41,42)43)91-33-29(99-115(71,72)73)27(97-113(65,66)67)23(93-109(53,54)55)19(87-33)11-85-107(47,48)49)39-14-3-7-16(8-4-14)104-36-32(102-118(80,81)82)26(96-112(62,63)64)22(18(90-36)10-84-106(44,45)46)92-34-30(100-116(74,75)76)28(98-114(68,69)70)24(94-110(56,57)58)20(88-34)12-86-108(50,51)52;;;;;;;;;;;;;;/h1-8,17-36H,9-12H2,(H2,38,39,40)(H,41,42,43)(H,44,45,46)(H,47,48,49)(H,50,51,52)(H,53,54,55)(H,56,57,58)(H,59,60,61)(H,62,63,64)(H,65,66,67)(H,68,69,70)(H,71,72,73)(H,74,75,76)(H,77,78,79)(H,80,81,82);;;;;;;;;;;;;;/q;14*+1/t17-,18-,19-,20-,21-,22-,23-,24-,25+,26+,27+,28+,29-,30-,31-,32-,33+,34+,35+,36+;;;;;;;;;;;;;;/m1............../s1. The molecule has 65 nitrogen and oxygen atoms in total. The number of amides is 2. The van der Waals surface area contributed by atoms with E-state index in [0.717, 1.165) is 48.5 Å². The Morgan fingerprint density at radius 2 is 0.417 bits per heavy atom. The van der Waals surface area contributed by atoms with Crippen molar-refractivity contribution < 1.29 is 687 Å². The number of carbonyl (C=O) groups is 1. The first-order chi connectivity index (χ1) is 53.0. The van der Waals surface area contributed by atoms with Gasteiger partial charge < -0.3 is 39.1 Å². The molecule has 0 spiro atoms. The quantitative estimate of drug-likeness (QED) is 0.0217. The predicted molar refractivity (Wildman–Crippen MR) is 356 cm³/mol. The van der Waals surface area contributed by atoms with Gasteiger partial charge in [0.15, 0.2) is 24.8 Å². The topological polar surface area (TPSA) is 987 Å². The van der Waals surface area contributed by atoms with Crippen LogP contribution in [0.3, 0.4) is 0 Å². The maximum absolute atomic E-state index is 13.4. The van der Waals surface area contributed by atoms with E-state index in [4.69, 9.17) is 28.4 Å². The summed E-state index contributed by atoms with van der Waals surface area (Å²) in [6, 6.07) is 6.13. The Hall–Kier alpha value is 10.3. The van der Waals surface area contributed by atoms with E-state index in [1.165, 1.54) is 0 Å². The first kappa shape index (κ1) is 160. The molecule has 16 N–H and O–H groups in total. The molecule has 132 heavy (non-hydrogen) atoms. The van der Waals surface area contributed by atoms with Crippen LogP contribution in [-0.2, 0) is 233 Å². The third-order valence-corrected chi connectivity index (χ3v) is 22.2. The molecule has 6 rings (SSSR count). The van der Waals surface area contributed by atoms with Crippen molar-refractivity contribution in [3.63, 3.8) is 0 Å². The van der Waals surface area contributed by atoms with Crippen molar-refractivity contribution in [2.24, 2.45) is 0 Å². The summed E-state index contributed by atoms with van der Waals surface area (Å²) in [7, 11) is -85.8. The van der Waals surface area contributed by atoms with E-state index >= 15 is 0 Å². The maximum Gasteiger partial charge on any atom is 1.00 e. The number of benzene rings is 2. The van der Waals surface area contributed by atoms with E-state index in [1.807, 2.05) is 0 Å². The van der Waals surface area contributed by atoms with Crippen molar-refractivity contribution in [1.82, 2.24) is 0 Å². The van der Waals surface area contributed by atoms with E-state index in [1.54, 1.807) is 0 Å². The summed E-state index contributed by atoms with van der Waals surface area (Å²) in [5.74, 6) is 0. The zero-order valence-electron chi connectivity index (χ0n) is 69.3. The van der Waals surface area contributed by atoms with Crippen LogP contribution in [-0.4, -0.2) is 335 Å². The summed E-state index contributed by atoms with van der Waals surface area (Å²) >= 11 is 0.0979. The van der Waals surface area contributed by atoms with Crippen LogP contribution < -0.4 is 424 Å². The van der Waals surface area contributed by atoms with Crippen molar-refractivity contribution in [2.75, 3.05) is 37.1 Å². The summed E-state index contributed by atoms with van der Waals surface area (Å²) in [6.07, 6.45) is -57.2. The Morgan fingerprint density at radius 3 is 0.614 bits per heavy atom. The number of rotatable bonds is 42. The Bertz CT molecular complexity index is 5330. The van der Waals surface area contributed by atoms with Gasteiger partial charge in [-0.1, -0.05) is 23.5 Å². The van der Waals surface area contributed by atoms with Crippen LogP contribution in [0.25, 0.3) is 0 Å². The van der Waals surface area contributed by atoms with Crippen molar-refractivity contribution >= 4 is 187 Å². The van der Waals surface area contributed by atoms with Crippen molar-refractivity contribution in [1.29, 1.82) is 0 Å². The van der Waals surface area contributed by atoms with Crippen LogP contribution in [0.4, 0.5) is 16.2 Å². The number of anilines is 2. The van der Waals surface area contributed by atoms with E-state index in [9.17, 15) is 186 Å². The van der Waals surface area contributed by atoms with Crippen LogP contribution >= 0.6 is 23.5 Å². The summed E-state index contributed by atoms with van der Waals surface area (Å²) in [6.45, 7) is -7.74. The summed E-state index contributed by atoms with van der Waals surface area (Å²) < 4.78 is 569. The Morgan fingerprint density at radius 1 is 0.242 bits per heavy atom. The minimum absolute atomic E-state index is 0. The molecule has 4 saturated heterocycles. The van der Waals surface area contributed by atoms with Gasteiger partial charge >= 0.3 is 565 Å². The minimum Gasteiger partial charge on any atom is -0.356 e. The van der Waals surface area contributed by atoms with E-state index < -0.39 is 299 Å². The van der Waals surface area contributed by atoms with Crippen molar-refractivity contribution in [2.45, 2.75) is 131 Å². The summed E-state index contributed by atoms with van der Waals surface area (Å²) in [4.78, 5) is 12.7. The van der Waals surface area contributed by atoms with Gasteiger partial charge in [-0.3, -0.25) is 63.7 Å². The molecular weight excluding hydrogens is 2320 g/mol. The second-order valence-electron chi connectivity index (χ2n) is 22.0. The fourth-order valence-corrected chi connectivity index (χ4v) is 18.5. The molecule has 2 aromatic carbocycles. The number of nitrogens with one attached hydrogen (secondary N) is 2. The van der Waals surface area contributed by atoms with Gasteiger partial charge in [0.05, 0.1) is 26.4 Å². The second kappa shape index (κ2) is 66.0. The molecule has 0 saturated carbocycles. The van der Waals surface area contributed by atoms with Gasteiger partial charge in [0, 0.05) is 21.2 Å². The molecule has 0 unspecified atom stereocenters. The van der Waals surface area contributed by atoms with Gasteiger partial charge in [-0.25, -0.2) is 63.4 Å².